The molecular weight excluding hydrogens is 294 g/mol. The molecule has 2 rings (SSSR count). The molecule has 1 unspecified atom stereocenters. The van der Waals surface area contributed by atoms with E-state index in [2.05, 4.69) is 15.9 Å². The number of hydrogen-bond acceptors (Lipinski definition) is 2. The van der Waals surface area contributed by atoms with Crippen LogP contribution in [0.1, 0.15) is 37.7 Å². The molecule has 18 heavy (non-hydrogen) atoms. The van der Waals surface area contributed by atoms with Gasteiger partial charge in [-0.15, -0.1) is 0 Å². The van der Waals surface area contributed by atoms with Crippen LogP contribution < -0.4 is 0 Å². The average Bonchev–Trinajstić information content (AvgIpc) is 2.90. The van der Waals surface area contributed by atoms with Gasteiger partial charge in [-0.2, -0.15) is 0 Å². The standard InChI is InChI=1S/C14H18BrNO2/c15-13(11-5-1-2-6-11)10-9-12-7-3-4-8-14(12)16(17)18/h3-4,7-8,11,13H,1-2,5-6,9-10H2. The highest BCUT2D eigenvalue weighted by atomic mass is 79.9. The lowest BCUT2D eigenvalue weighted by Gasteiger charge is -2.16. The zero-order chi connectivity index (χ0) is 13.0. The molecule has 0 aliphatic heterocycles. The minimum atomic E-state index is -0.284. The van der Waals surface area contributed by atoms with Crippen molar-refractivity contribution in [2.24, 2.45) is 5.92 Å². The summed E-state index contributed by atoms with van der Waals surface area (Å²) >= 11 is 3.75. The van der Waals surface area contributed by atoms with E-state index in [4.69, 9.17) is 0 Å². The molecule has 4 heteroatoms. The number of aryl methyl sites for hydroxylation is 1. The van der Waals surface area contributed by atoms with Crippen LogP contribution in [0.4, 0.5) is 5.69 Å². The van der Waals surface area contributed by atoms with Crippen molar-refractivity contribution in [2.75, 3.05) is 0 Å². The molecule has 0 heterocycles. The Bertz CT molecular complexity index is 416. The van der Waals surface area contributed by atoms with Gasteiger partial charge in [0.25, 0.3) is 5.69 Å². The van der Waals surface area contributed by atoms with Crippen molar-refractivity contribution in [2.45, 2.75) is 43.4 Å². The predicted octanol–water partition coefficient (Wildman–Crippen LogP) is 4.48. The highest BCUT2D eigenvalue weighted by molar-refractivity contribution is 9.09. The Morgan fingerprint density at radius 1 is 1.33 bits per heavy atom. The van der Waals surface area contributed by atoms with Gasteiger partial charge in [0, 0.05) is 16.5 Å². The van der Waals surface area contributed by atoms with Gasteiger partial charge >= 0.3 is 0 Å². The van der Waals surface area contributed by atoms with Crippen LogP contribution in [0, 0.1) is 16.0 Å². The number of nitrogens with zero attached hydrogens (tertiary/aromatic N) is 1. The third-order valence-electron chi connectivity index (χ3n) is 3.79. The number of hydrogen-bond donors (Lipinski definition) is 0. The second kappa shape index (κ2) is 6.32. The second-order valence-corrected chi connectivity index (χ2v) is 6.16. The first-order valence-electron chi connectivity index (χ1n) is 6.55. The number of alkyl halides is 1. The third-order valence-corrected chi connectivity index (χ3v) is 4.99. The summed E-state index contributed by atoms with van der Waals surface area (Å²) in [6.45, 7) is 0. The Kier molecular flexibility index (Phi) is 4.75. The maximum Gasteiger partial charge on any atom is 0.272 e. The van der Waals surface area contributed by atoms with Crippen molar-refractivity contribution in [3.8, 4) is 0 Å². The van der Waals surface area contributed by atoms with E-state index >= 15 is 0 Å². The summed E-state index contributed by atoms with van der Waals surface area (Å²) in [6.07, 6.45) is 7.02. The van der Waals surface area contributed by atoms with E-state index in [1.54, 1.807) is 12.1 Å². The number of nitro benzene ring substituents is 1. The van der Waals surface area contributed by atoms with Gasteiger partial charge in [-0.25, -0.2) is 0 Å². The molecule has 0 saturated heterocycles. The number of para-hydroxylation sites is 1. The quantitative estimate of drug-likeness (QED) is 0.457. The molecule has 3 nitrogen and oxygen atoms in total. The van der Waals surface area contributed by atoms with Gasteiger partial charge in [0.15, 0.2) is 0 Å². The maximum absolute atomic E-state index is 10.9. The summed E-state index contributed by atoms with van der Waals surface area (Å²) in [7, 11) is 0. The molecule has 1 aromatic rings. The summed E-state index contributed by atoms with van der Waals surface area (Å²) < 4.78 is 0. The van der Waals surface area contributed by atoms with Crippen molar-refractivity contribution < 1.29 is 4.92 Å². The lowest BCUT2D eigenvalue weighted by molar-refractivity contribution is -0.385. The Labute approximate surface area is 116 Å². The van der Waals surface area contributed by atoms with E-state index in [1.807, 2.05) is 12.1 Å². The first-order chi connectivity index (χ1) is 8.68. The number of halogens is 1. The fraction of sp³-hybridized carbons (Fsp3) is 0.571. The Morgan fingerprint density at radius 3 is 2.67 bits per heavy atom. The van der Waals surface area contributed by atoms with Crippen molar-refractivity contribution in [3.05, 3.63) is 39.9 Å². The molecule has 1 aliphatic carbocycles. The van der Waals surface area contributed by atoms with Gasteiger partial charge in [0.1, 0.15) is 0 Å². The van der Waals surface area contributed by atoms with Crippen LogP contribution in [0.3, 0.4) is 0 Å². The topological polar surface area (TPSA) is 43.1 Å². The molecule has 1 saturated carbocycles. The highest BCUT2D eigenvalue weighted by Crippen LogP contribution is 2.34. The molecular formula is C14H18BrNO2. The Hall–Kier alpha value is -0.900. The number of rotatable bonds is 5. The van der Waals surface area contributed by atoms with Crippen LogP contribution in [0.2, 0.25) is 0 Å². The smallest absolute Gasteiger partial charge is 0.258 e. The number of benzene rings is 1. The van der Waals surface area contributed by atoms with Gasteiger partial charge in [-0.3, -0.25) is 10.1 Å². The number of nitro groups is 1. The largest absolute Gasteiger partial charge is 0.272 e. The lowest BCUT2D eigenvalue weighted by Crippen LogP contribution is -2.12. The summed E-state index contributed by atoms with van der Waals surface area (Å²) in [6, 6.07) is 7.06. The zero-order valence-electron chi connectivity index (χ0n) is 10.3. The molecule has 98 valence electrons. The normalized spacial score (nSPS) is 17.8. The van der Waals surface area contributed by atoms with Crippen LogP contribution in [0.25, 0.3) is 0 Å². The van der Waals surface area contributed by atoms with Crippen molar-refractivity contribution >= 4 is 21.6 Å². The van der Waals surface area contributed by atoms with Gasteiger partial charge in [-0.1, -0.05) is 47.0 Å². The van der Waals surface area contributed by atoms with Crippen molar-refractivity contribution in [1.29, 1.82) is 0 Å². The van der Waals surface area contributed by atoms with E-state index < -0.39 is 0 Å². The summed E-state index contributed by atoms with van der Waals surface area (Å²) in [5, 5.41) is 10.9. The Balaban J connectivity index is 1.95. The van der Waals surface area contributed by atoms with E-state index in [1.165, 1.54) is 25.7 Å². The predicted molar refractivity (Wildman–Crippen MR) is 76.1 cm³/mol. The minimum absolute atomic E-state index is 0.253. The van der Waals surface area contributed by atoms with Crippen LogP contribution in [-0.2, 0) is 6.42 Å². The maximum atomic E-state index is 10.9. The molecule has 1 atom stereocenters. The second-order valence-electron chi connectivity index (χ2n) is 4.99. The molecule has 0 aromatic heterocycles. The Morgan fingerprint density at radius 2 is 2.00 bits per heavy atom. The monoisotopic (exact) mass is 311 g/mol. The van der Waals surface area contributed by atoms with Crippen LogP contribution >= 0.6 is 15.9 Å². The van der Waals surface area contributed by atoms with Crippen molar-refractivity contribution in [3.63, 3.8) is 0 Å². The van der Waals surface area contributed by atoms with E-state index in [-0.39, 0.29) is 10.6 Å². The molecule has 0 amide bonds. The average molecular weight is 312 g/mol. The molecule has 0 spiro atoms. The van der Waals surface area contributed by atoms with E-state index in [9.17, 15) is 10.1 Å². The highest BCUT2D eigenvalue weighted by Gasteiger charge is 2.23. The summed E-state index contributed by atoms with van der Waals surface area (Å²) in [5.41, 5.74) is 1.11. The first kappa shape index (κ1) is 13.5. The van der Waals surface area contributed by atoms with Crippen LogP contribution in [0.5, 0.6) is 0 Å². The summed E-state index contributed by atoms with van der Waals surface area (Å²) in [5.74, 6) is 0.757. The van der Waals surface area contributed by atoms with Gasteiger partial charge < -0.3 is 0 Å². The minimum Gasteiger partial charge on any atom is -0.258 e. The zero-order valence-corrected chi connectivity index (χ0v) is 11.9. The fourth-order valence-electron chi connectivity index (χ4n) is 2.75. The SMILES string of the molecule is O=[N+]([O-])c1ccccc1CCC(Br)C1CCCC1. The third kappa shape index (κ3) is 3.31. The molecule has 0 radical (unpaired) electrons. The molecule has 1 aromatic carbocycles. The van der Waals surface area contributed by atoms with Crippen LogP contribution in [0.15, 0.2) is 24.3 Å². The fourth-order valence-corrected chi connectivity index (χ4v) is 3.51. The molecule has 1 fully saturated rings. The van der Waals surface area contributed by atoms with Gasteiger partial charge in [0.2, 0.25) is 0 Å². The lowest BCUT2D eigenvalue weighted by atomic mass is 9.97. The molecule has 0 N–H and O–H groups in total. The molecule has 0 bridgehead atoms. The van der Waals surface area contributed by atoms with Gasteiger partial charge in [-0.05, 0) is 31.6 Å². The first-order valence-corrected chi connectivity index (χ1v) is 7.46. The van der Waals surface area contributed by atoms with Gasteiger partial charge in [0.05, 0.1) is 4.92 Å². The van der Waals surface area contributed by atoms with Crippen molar-refractivity contribution in [1.82, 2.24) is 0 Å². The van der Waals surface area contributed by atoms with E-state index in [0.29, 0.717) is 4.83 Å². The summed E-state index contributed by atoms with van der Waals surface area (Å²) in [4.78, 5) is 11.1. The molecule has 1 aliphatic rings. The van der Waals surface area contributed by atoms with E-state index in [0.717, 1.165) is 24.3 Å². The van der Waals surface area contributed by atoms with Crippen LogP contribution in [-0.4, -0.2) is 9.75 Å².